The first-order valence-electron chi connectivity index (χ1n) is 7.10. The summed E-state index contributed by atoms with van der Waals surface area (Å²) in [6, 6.07) is 14.9. The van der Waals surface area contributed by atoms with Gasteiger partial charge in [0.25, 0.3) is 0 Å². The second-order valence-electron chi connectivity index (χ2n) is 4.91. The molecule has 2 unspecified atom stereocenters. The average Bonchev–Trinajstić information content (AvgIpc) is 2.45. The molecule has 102 valence electrons. The summed E-state index contributed by atoms with van der Waals surface area (Å²) in [6.45, 7) is 4.87. The summed E-state index contributed by atoms with van der Waals surface area (Å²) in [5.41, 5.74) is 7.62. The van der Waals surface area contributed by atoms with Crippen LogP contribution in [0.15, 0.2) is 42.5 Å². The molecule has 2 heteroatoms. The van der Waals surface area contributed by atoms with Crippen molar-refractivity contribution in [2.24, 2.45) is 5.73 Å². The van der Waals surface area contributed by atoms with Crippen LogP contribution in [-0.2, 0) is 11.2 Å². The van der Waals surface area contributed by atoms with Crippen LogP contribution in [0.3, 0.4) is 0 Å². The monoisotopic (exact) mass is 257 g/mol. The first-order valence-corrected chi connectivity index (χ1v) is 7.10. The van der Waals surface area contributed by atoms with Gasteiger partial charge in [-0.2, -0.15) is 0 Å². The summed E-state index contributed by atoms with van der Waals surface area (Å²) in [5.74, 6) is 0. The molecule has 2 N–H and O–H groups in total. The van der Waals surface area contributed by atoms with Crippen LogP contribution < -0.4 is 5.73 Å². The normalized spacial score (nSPS) is 14.5. The lowest BCUT2D eigenvalue weighted by molar-refractivity contribution is 0.0418. The van der Waals surface area contributed by atoms with E-state index in [1.807, 2.05) is 6.92 Å². The van der Waals surface area contributed by atoms with E-state index in [1.54, 1.807) is 0 Å². The van der Waals surface area contributed by atoms with Gasteiger partial charge in [-0.05, 0) is 36.1 Å². The third kappa shape index (κ3) is 3.34. The number of hydrogen-bond donors (Lipinski definition) is 1. The summed E-state index contributed by atoms with van der Waals surface area (Å²) in [6.07, 6.45) is 1.96. The summed E-state index contributed by atoms with van der Waals surface area (Å²) >= 11 is 0. The Morgan fingerprint density at radius 2 is 1.79 bits per heavy atom. The summed E-state index contributed by atoms with van der Waals surface area (Å²) in [4.78, 5) is 0. The third-order valence-corrected chi connectivity index (χ3v) is 3.60. The van der Waals surface area contributed by atoms with E-state index in [-0.39, 0.29) is 12.1 Å². The smallest absolute Gasteiger partial charge is 0.0726 e. The van der Waals surface area contributed by atoms with E-state index in [1.165, 1.54) is 16.3 Å². The zero-order valence-electron chi connectivity index (χ0n) is 11.8. The molecule has 0 aliphatic heterocycles. The van der Waals surface area contributed by atoms with Gasteiger partial charge in [0.2, 0.25) is 0 Å². The van der Waals surface area contributed by atoms with Crippen molar-refractivity contribution in [2.45, 2.75) is 38.8 Å². The molecule has 0 spiro atoms. The van der Waals surface area contributed by atoms with Gasteiger partial charge in [0.05, 0.1) is 6.10 Å². The van der Waals surface area contributed by atoms with E-state index in [4.69, 9.17) is 10.5 Å². The fraction of sp³-hybridized carbons (Fsp3) is 0.412. The molecule has 2 aromatic rings. The van der Waals surface area contributed by atoms with Gasteiger partial charge in [0.15, 0.2) is 0 Å². The Balaban J connectivity index is 2.21. The van der Waals surface area contributed by atoms with Gasteiger partial charge >= 0.3 is 0 Å². The second-order valence-corrected chi connectivity index (χ2v) is 4.91. The topological polar surface area (TPSA) is 35.2 Å². The molecule has 0 aliphatic rings. The van der Waals surface area contributed by atoms with E-state index in [9.17, 15) is 0 Å². The zero-order chi connectivity index (χ0) is 13.7. The molecule has 2 rings (SSSR count). The minimum absolute atomic E-state index is 0.0516. The fourth-order valence-corrected chi connectivity index (χ4v) is 2.61. The standard InChI is InChI=1S/C17H23NO/c1-3-17(19-4-2)16(18)12-14-10-7-9-13-8-5-6-11-15(13)14/h5-11,16-17H,3-4,12,18H2,1-2H3. The second kappa shape index (κ2) is 6.69. The molecule has 0 saturated heterocycles. The van der Waals surface area contributed by atoms with Crippen molar-refractivity contribution in [3.05, 3.63) is 48.0 Å². The molecule has 0 radical (unpaired) electrons. The van der Waals surface area contributed by atoms with Crippen LogP contribution in [-0.4, -0.2) is 18.8 Å². The van der Waals surface area contributed by atoms with Gasteiger partial charge in [-0.3, -0.25) is 0 Å². The van der Waals surface area contributed by atoms with Crippen molar-refractivity contribution in [1.29, 1.82) is 0 Å². The first-order chi connectivity index (χ1) is 9.26. The van der Waals surface area contributed by atoms with Crippen molar-refractivity contribution in [3.8, 4) is 0 Å². The maximum atomic E-state index is 6.31. The molecule has 2 nitrogen and oxygen atoms in total. The van der Waals surface area contributed by atoms with Crippen LogP contribution in [0.2, 0.25) is 0 Å². The Morgan fingerprint density at radius 3 is 2.53 bits per heavy atom. The number of fused-ring (bicyclic) bond motifs is 1. The van der Waals surface area contributed by atoms with Crippen LogP contribution in [0.1, 0.15) is 25.8 Å². The Kier molecular flexibility index (Phi) is 4.94. The van der Waals surface area contributed by atoms with Crippen LogP contribution in [0, 0.1) is 0 Å². The highest BCUT2D eigenvalue weighted by Crippen LogP contribution is 2.20. The van der Waals surface area contributed by atoms with Crippen LogP contribution in [0.25, 0.3) is 10.8 Å². The molecular weight excluding hydrogens is 234 g/mol. The first kappa shape index (κ1) is 14.0. The van der Waals surface area contributed by atoms with Crippen LogP contribution in [0.4, 0.5) is 0 Å². The minimum atomic E-state index is 0.0516. The van der Waals surface area contributed by atoms with Gasteiger partial charge in [0, 0.05) is 12.6 Å². The van der Waals surface area contributed by atoms with Crippen LogP contribution in [0.5, 0.6) is 0 Å². The highest BCUT2D eigenvalue weighted by atomic mass is 16.5. The largest absolute Gasteiger partial charge is 0.377 e. The third-order valence-electron chi connectivity index (χ3n) is 3.60. The van der Waals surface area contributed by atoms with Crippen molar-refractivity contribution < 1.29 is 4.74 Å². The Labute approximate surface area is 115 Å². The predicted octanol–water partition coefficient (Wildman–Crippen LogP) is 3.52. The predicted molar refractivity (Wildman–Crippen MR) is 81.3 cm³/mol. The Bertz CT molecular complexity index is 518. The van der Waals surface area contributed by atoms with E-state index >= 15 is 0 Å². The van der Waals surface area contributed by atoms with Crippen molar-refractivity contribution in [3.63, 3.8) is 0 Å². The number of ether oxygens (including phenoxy) is 1. The molecule has 19 heavy (non-hydrogen) atoms. The Hall–Kier alpha value is -1.38. The number of hydrogen-bond acceptors (Lipinski definition) is 2. The molecule has 0 fully saturated rings. The SMILES string of the molecule is CCOC(CC)C(N)Cc1cccc2ccccc12. The quantitative estimate of drug-likeness (QED) is 0.859. The van der Waals surface area contributed by atoms with Crippen molar-refractivity contribution in [1.82, 2.24) is 0 Å². The molecule has 0 bridgehead atoms. The molecule has 0 saturated carbocycles. The number of rotatable bonds is 6. The fourth-order valence-electron chi connectivity index (χ4n) is 2.61. The molecule has 2 atom stereocenters. The summed E-state index contributed by atoms with van der Waals surface area (Å²) in [7, 11) is 0. The van der Waals surface area contributed by atoms with Crippen molar-refractivity contribution >= 4 is 10.8 Å². The van der Waals surface area contributed by atoms with Crippen LogP contribution >= 0.6 is 0 Å². The minimum Gasteiger partial charge on any atom is -0.377 e. The Morgan fingerprint density at radius 1 is 1.05 bits per heavy atom. The molecule has 0 aromatic heterocycles. The lowest BCUT2D eigenvalue weighted by atomic mass is 9.96. The lowest BCUT2D eigenvalue weighted by Crippen LogP contribution is -2.38. The highest BCUT2D eigenvalue weighted by Gasteiger charge is 2.17. The number of benzene rings is 2. The van der Waals surface area contributed by atoms with E-state index in [2.05, 4.69) is 49.4 Å². The van der Waals surface area contributed by atoms with E-state index < -0.39 is 0 Å². The maximum Gasteiger partial charge on any atom is 0.0726 e. The highest BCUT2D eigenvalue weighted by molar-refractivity contribution is 5.85. The maximum absolute atomic E-state index is 6.31. The lowest BCUT2D eigenvalue weighted by Gasteiger charge is -2.23. The van der Waals surface area contributed by atoms with E-state index in [0.29, 0.717) is 0 Å². The van der Waals surface area contributed by atoms with Gasteiger partial charge in [-0.1, -0.05) is 49.4 Å². The molecule has 2 aromatic carbocycles. The van der Waals surface area contributed by atoms with Crippen molar-refractivity contribution in [2.75, 3.05) is 6.61 Å². The number of nitrogens with two attached hydrogens (primary N) is 1. The van der Waals surface area contributed by atoms with Gasteiger partial charge in [-0.25, -0.2) is 0 Å². The molecule has 0 amide bonds. The molecule has 0 aliphatic carbocycles. The average molecular weight is 257 g/mol. The van der Waals surface area contributed by atoms with Gasteiger partial charge in [0.1, 0.15) is 0 Å². The van der Waals surface area contributed by atoms with Gasteiger partial charge in [-0.15, -0.1) is 0 Å². The summed E-state index contributed by atoms with van der Waals surface area (Å²) < 4.78 is 5.71. The van der Waals surface area contributed by atoms with Gasteiger partial charge < -0.3 is 10.5 Å². The molecule has 0 heterocycles. The van der Waals surface area contributed by atoms with E-state index in [0.717, 1.165) is 19.4 Å². The summed E-state index contributed by atoms with van der Waals surface area (Å²) in [5, 5.41) is 2.57. The molecular formula is C17H23NO. The zero-order valence-corrected chi connectivity index (χ0v) is 11.8.